The van der Waals surface area contributed by atoms with E-state index in [1.54, 1.807) is 60.5 Å². The van der Waals surface area contributed by atoms with Crippen LogP contribution in [0.4, 0.5) is 11.4 Å². The number of amides is 2. The van der Waals surface area contributed by atoms with Crippen LogP contribution in [0.2, 0.25) is 0 Å². The van der Waals surface area contributed by atoms with Gasteiger partial charge in [-0.05, 0) is 55.8 Å². The first kappa shape index (κ1) is 24.5. The van der Waals surface area contributed by atoms with Gasteiger partial charge in [-0.25, -0.2) is 4.68 Å². The molecule has 2 amide bonds. The van der Waals surface area contributed by atoms with Crippen LogP contribution < -0.4 is 20.1 Å². The molecule has 8 nitrogen and oxygen atoms in total. The van der Waals surface area contributed by atoms with Gasteiger partial charge in [0.05, 0.1) is 30.3 Å². The van der Waals surface area contributed by atoms with Gasteiger partial charge in [-0.2, -0.15) is 5.10 Å². The zero-order valence-corrected chi connectivity index (χ0v) is 20.4. The van der Waals surface area contributed by atoms with Gasteiger partial charge in [0.2, 0.25) is 0 Å². The molecule has 184 valence electrons. The second kappa shape index (κ2) is 11.2. The monoisotopic (exact) mass is 484 g/mol. The number of nitrogens with one attached hydrogen (secondary N) is 2. The summed E-state index contributed by atoms with van der Waals surface area (Å²) in [5.74, 6) is 0.423. The summed E-state index contributed by atoms with van der Waals surface area (Å²) in [7, 11) is 1.54. The molecule has 0 atom stereocenters. The van der Waals surface area contributed by atoms with E-state index in [0.717, 1.165) is 16.9 Å². The van der Waals surface area contributed by atoms with Gasteiger partial charge in [-0.15, -0.1) is 0 Å². The third-order valence-corrected chi connectivity index (χ3v) is 5.56. The molecule has 0 fully saturated rings. The van der Waals surface area contributed by atoms with Crippen molar-refractivity contribution in [3.8, 4) is 17.2 Å². The lowest BCUT2D eigenvalue weighted by Crippen LogP contribution is -2.20. The van der Waals surface area contributed by atoms with Gasteiger partial charge < -0.3 is 20.1 Å². The number of hydrogen-bond acceptors (Lipinski definition) is 5. The van der Waals surface area contributed by atoms with E-state index in [0.29, 0.717) is 34.9 Å². The fraction of sp³-hybridized carbons (Fsp3) is 0.179. The lowest BCUT2D eigenvalue weighted by molar-refractivity contribution is -0.118. The van der Waals surface area contributed by atoms with Crippen molar-refractivity contribution in [2.45, 2.75) is 20.3 Å². The summed E-state index contributed by atoms with van der Waals surface area (Å²) in [6, 6.07) is 22.0. The highest BCUT2D eigenvalue weighted by Crippen LogP contribution is 2.26. The van der Waals surface area contributed by atoms with E-state index in [9.17, 15) is 9.59 Å². The largest absolute Gasteiger partial charge is 0.493 e. The Labute approximate surface area is 209 Å². The van der Waals surface area contributed by atoms with E-state index >= 15 is 0 Å². The number of ether oxygens (including phenoxy) is 2. The van der Waals surface area contributed by atoms with Gasteiger partial charge in [-0.1, -0.05) is 42.8 Å². The molecule has 0 saturated heterocycles. The molecule has 0 aliphatic heterocycles. The van der Waals surface area contributed by atoms with E-state index in [2.05, 4.69) is 15.7 Å². The number of aryl methyl sites for hydroxylation is 1. The number of carbonyl (C=O) groups excluding carboxylic acids is 2. The van der Waals surface area contributed by atoms with Crippen LogP contribution in [-0.2, 0) is 11.2 Å². The van der Waals surface area contributed by atoms with Gasteiger partial charge in [-0.3, -0.25) is 9.59 Å². The smallest absolute Gasteiger partial charge is 0.262 e. The van der Waals surface area contributed by atoms with Gasteiger partial charge in [0, 0.05) is 11.4 Å². The van der Waals surface area contributed by atoms with Crippen molar-refractivity contribution in [3.05, 3.63) is 95.8 Å². The van der Waals surface area contributed by atoms with Crippen molar-refractivity contribution in [1.29, 1.82) is 0 Å². The molecule has 2 N–H and O–H groups in total. The average Bonchev–Trinajstić information content (AvgIpc) is 3.32. The Kier molecular flexibility index (Phi) is 7.65. The van der Waals surface area contributed by atoms with E-state index in [4.69, 9.17) is 9.47 Å². The van der Waals surface area contributed by atoms with Crippen molar-refractivity contribution in [1.82, 2.24) is 9.78 Å². The Bertz CT molecular complexity index is 1360. The first-order valence-electron chi connectivity index (χ1n) is 11.6. The Balaban J connectivity index is 1.41. The molecule has 1 heterocycles. The molecule has 36 heavy (non-hydrogen) atoms. The summed E-state index contributed by atoms with van der Waals surface area (Å²) < 4.78 is 12.6. The van der Waals surface area contributed by atoms with Crippen LogP contribution in [0.15, 0.2) is 79.0 Å². The van der Waals surface area contributed by atoms with E-state index in [-0.39, 0.29) is 18.4 Å². The van der Waals surface area contributed by atoms with Crippen LogP contribution in [0.1, 0.15) is 28.5 Å². The average molecular weight is 485 g/mol. The molecule has 0 bridgehead atoms. The third kappa shape index (κ3) is 5.72. The standard InChI is InChI=1S/C28H28N4O4/c1-4-24-23(17-29-32(24)22-14-12-19(2)13-15-22)28(34)31-21-9-7-8-20(16-21)30-27(33)18-36-26-11-6-5-10-25(26)35-3/h5-17H,4,18H2,1-3H3,(H,30,33)(H,31,34). The van der Waals surface area contributed by atoms with E-state index < -0.39 is 0 Å². The number of carbonyl (C=O) groups is 2. The highest BCUT2D eigenvalue weighted by atomic mass is 16.5. The van der Waals surface area contributed by atoms with E-state index in [1.165, 1.54) is 0 Å². The zero-order valence-electron chi connectivity index (χ0n) is 20.4. The lowest BCUT2D eigenvalue weighted by Gasteiger charge is -2.12. The number of methoxy groups -OCH3 is 1. The number of hydrogen-bond donors (Lipinski definition) is 2. The quantitative estimate of drug-likeness (QED) is 0.348. The van der Waals surface area contributed by atoms with E-state index in [1.807, 2.05) is 44.2 Å². The highest BCUT2D eigenvalue weighted by Gasteiger charge is 2.18. The SMILES string of the molecule is CCc1c(C(=O)Nc2cccc(NC(=O)COc3ccccc3OC)c2)cnn1-c1ccc(C)cc1. The Morgan fingerprint density at radius 2 is 1.61 bits per heavy atom. The molecule has 0 aliphatic carbocycles. The summed E-state index contributed by atoms with van der Waals surface area (Å²) >= 11 is 0. The van der Waals surface area contributed by atoms with Crippen LogP contribution >= 0.6 is 0 Å². The number of aromatic nitrogens is 2. The Morgan fingerprint density at radius 3 is 2.31 bits per heavy atom. The molecule has 0 spiro atoms. The van der Waals surface area contributed by atoms with Crippen LogP contribution in [0.25, 0.3) is 5.69 Å². The zero-order chi connectivity index (χ0) is 25.5. The topological polar surface area (TPSA) is 94.5 Å². The summed E-state index contributed by atoms with van der Waals surface area (Å²) in [6.07, 6.45) is 2.22. The van der Waals surface area contributed by atoms with Crippen molar-refractivity contribution in [3.63, 3.8) is 0 Å². The molecular weight excluding hydrogens is 456 g/mol. The van der Waals surface area contributed by atoms with Gasteiger partial charge in [0.25, 0.3) is 11.8 Å². The molecule has 8 heteroatoms. The molecular formula is C28H28N4O4. The summed E-state index contributed by atoms with van der Waals surface area (Å²) in [5, 5.41) is 10.1. The van der Waals surface area contributed by atoms with Crippen molar-refractivity contribution in [2.75, 3.05) is 24.4 Å². The molecule has 4 rings (SSSR count). The number of para-hydroxylation sites is 2. The van der Waals surface area contributed by atoms with Crippen LogP contribution in [0, 0.1) is 6.92 Å². The van der Waals surface area contributed by atoms with Crippen LogP contribution in [-0.4, -0.2) is 35.3 Å². The normalized spacial score (nSPS) is 10.5. The maximum Gasteiger partial charge on any atom is 0.262 e. The van der Waals surface area contributed by atoms with Gasteiger partial charge in [0.1, 0.15) is 0 Å². The summed E-state index contributed by atoms with van der Waals surface area (Å²) in [5.41, 5.74) is 4.45. The minimum atomic E-state index is -0.336. The highest BCUT2D eigenvalue weighted by molar-refractivity contribution is 6.05. The Hall–Kier alpha value is -4.59. The second-order valence-corrected chi connectivity index (χ2v) is 8.13. The molecule has 0 unspecified atom stereocenters. The predicted molar refractivity (Wildman–Crippen MR) is 139 cm³/mol. The fourth-order valence-corrected chi connectivity index (χ4v) is 3.76. The lowest BCUT2D eigenvalue weighted by atomic mass is 10.1. The maximum absolute atomic E-state index is 13.1. The third-order valence-electron chi connectivity index (χ3n) is 5.56. The van der Waals surface area contributed by atoms with Crippen molar-refractivity contribution >= 4 is 23.2 Å². The molecule has 3 aromatic carbocycles. The van der Waals surface area contributed by atoms with Gasteiger partial charge >= 0.3 is 0 Å². The molecule has 0 radical (unpaired) electrons. The number of anilines is 2. The fourth-order valence-electron chi connectivity index (χ4n) is 3.76. The molecule has 4 aromatic rings. The maximum atomic E-state index is 13.1. The summed E-state index contributed by atoms with van der Waals surface area (Å²) in [6.45, 7) is 3.83. The first-order chi connectivity index (χ1) is 17.5. The second-order valence-electron chi connectivity index (χ2n) is 8.13. The molecule has 0 saturated carbocycles. The Morgan fingerprint density at radius 1 is 0.917 bits per heavy atom. The van der Waals surface area contributed by atoms with Crippen LogP contribution in [0.3, 0.4) is 0 Å². The molecule has 0 aliphatic rings. The first-order valence-corrected chi connectivity index (χ1v) is 11.6. The number of nitrogens with zero attached hydrogens (tertiary/aromatic N) is 2. The van der Waals surface area contributed by atoms with Crippen molar-refractivity contribution < 1.29 is 19.1 Å². The minimum Gasteiger partial charge on any atom is -0.493 e. The summed E-state index contributed by atoms with van der Waals surface area (Å²) in [4.78, 5) is 25.5. The van der Waals surface area contributed by atoms with Crippen molar-refractivity contribution in [2.24, 2.45) is 0 Å². The number of benzene rings is 3. The minimum absolute atomic E-state index is 0.186. The predicted octanol–water partition coefficient (Wildman–Crippen LogP) is 5.02. The molecule has 1 aromatic heterocycles. The number of rotatable bonds is 9. The van der Waals surface area contributed by atoms with Gasteiger partial charge in [0.15, 0.2) is 18.1 Å². The van der Waals surface area contributed by atoms with Crippen LogP contribution in [0.5, 0.6) is 11.5 Å².